The van der Waals surface area contributed by atoms with Crippen molar-refractivity contribution in [3.63, 3.8) is 0 Å². The van der Waals surface area contributed by atoms with Gasteiger partial charge in [0.25, 0.3) is 0 Å². The van der Waals surface area contributed by atoms with E-state index < -0.39 is 0 Å². The molecule has 0 fully saturated rings. The lowest BCUT2D eigenvalue weighted by Gasteiger charge is -2.21. The molecule has 0 saturated carbocycles. The van der Waals surface area contributed by atoms with E-state index in [-0.39, 0.29) is 11.9 Å². The molecular weight excluding hydrogens is 216 g/mol. The second-order valence-corrected chi connectivity index (χ2v) is 5.40. The fraction of sp³-hybridized carbons (Fsp3) is 0.429. The molecule has 1 unspecified atom stereocenters. The molecular formula is C14H18OS. The number of aliphatic hydroxyl groups is 1. The van der Waals surface area contributed by atoms with E-state index in [0.29, 0.717) is 0 Å². The molecule has 1 nitrogen and oxygen atoms in total. The molecule has 2 rings (SSSR count). The van der Waals surface area contributed by atoms with Gasteiger partial charge in [-0.25, -0.2) is 0 Å². The first-order valence-electron chi connectivity index (χ1n) is 5.91. The lowest BCUT2D eigenvalue weighted by molar-refractivity contribution is 0.301. The van der Waals surface area contributed by atoms with Crippen LogP contribution in [-0.2, 0) is 0 Å². The molecule has 1 atom stereocenters. The van der Waals surface area contributed by atoms with Crippen molar-refractivity contribution >= 4 is 11.8 Å². The summed E-state index contributed by atoms with van der Waals surface area (Å²) in [6.45, 7) is 0.241. The molecule has 0 saturated heterocycles. The van der Waals surface area contributed by atoms with E-state index in [2.05, 4.69) is 18.2 Å². The zero-order valence-corrected chi connectivity index (χ0v) is 10.2. The maximum atomic E-state index is 9.48. The Bertz CT molecular complexity index is 345. The van der Waals surface area contributed by atoms with Crippen molar-refractivity contribution in [2.75, 3.05) is 6.61 Å². The minimum Gasteiger partial charge on any atom is -0.395 e. The van der Waals surface area contributed by atoms with Crippen LogP contribution in [0.3, 0.4) is 0 Å². The van der Waals surface area contributed by atoms with Crippen LogP contribution in [0, 0.1) is 0 Å². The summed E-state index contributed by atoms with van der Waals surface area (Å²) in [5.74, 6) is 0. The Balaban J connectivity index is 2.03. The van der Waals surface area contributed by atoms with Gasteiger partial charge in [0.2, 0.25) is 0 Å². The van der Waals surface area contributed by atoms with Crippen molar-refractivity contribution < 1.29 is 5.11 Å². The van der Waals surface area contributed by atoms with Crippen LogP contribution in [0.2, 0.25) is 0 Å². The van der Waals surface area contributed by atoms with E-state index in [1.165, 1.54) is 29.7 Å². The van der Waals surface area contributed by atoms with Gasteiger partial charge in [-0.3, -0.25) is 0 Å². The highest BCUT2D eigenvalue weighted by Crippen LogP contribution is 2.32. The zero-order chi connectivity index (χ0) is 11.2. The Morgan fingerprint density at radius 2 is 2.00 bits per heavy atom. The third-order valence-electron chi connectivity index (χ3n) is 2.93. The Labute approximate surface area is 102 Å². The lowest BCUT2D eigenvalue weighted by atomic mass is 9.97. The highest BCUT2D eigenvalue weighted by molar-refractivity contribution is 8.00. The number of rotatable bonds is 4. The van der Waals surface area contributed by atoms with Crippen LogP contribution in [0.1, 0.15) is 25.7 Å². The predicted molar refractivity (Wildman–Crippen MR) is 69.7 cm³/mol. The van der Waals surface area contributed by atoms with E-state index in [1.54, 1.807) is 11.8 Å². The van der Waals surface area contributed by atoms with Gasteiger partial charge in [0.1, 0.15) is 0 Å². The van der Waals surface area contributed by atoms with Crippen molar-refractivity contribution in [1.29, 1.82) is 0 Å². The van der Waals surface area contributed by atoms with Gasteiger partial charge in [-0.1, -0.05) is 29.8 Å². The molecule has 0 heterocycles. The molecule has 0 radical (unpaired) electrons. The largest absolute Gasteiger partial charge is 0.395 e. The smallest absolute Gasteiger partial charge is 0.0591 e. The fourth-order valence-electron chi connectivity index (χ4n) is 2.05. The van der Waals surface area contributed by atoms with Crippen LogP contribution in [0.25, 0.3) is 0 Å². The van der Waals surface area contributed by atoms with Gasteiger partial charge in [-0.2, -0.15) is 0 Å². The van der Waals surface area contributed by atoms with Gasteiger partial charge >= 0.3 is 0 Å². The summed E-state index contributed by atoms with van der Waals surface area (Å²) >= 11 is 1.78. The number of hydrogen-bond acceptors (Lipinski definition) is 2. The van der Waals surface area contributed by atoms with Crippen molar-refractivity contribution in [3.05, 3.63) is 42.0 Å². The second-order valence-electron chi connectivity index (χ2n) is 4.13. The van der Waals surface area contributed by atoms with Crippen molar-refractivity contribution in [2.45, 2.75) is 35.8 Å². The fourth-order valence-corrected chi connectivity index (χ4v) is 3.13. The van der Waals surface area contributed by atoms with E-state index in [4.69, 9.17) is 0 Å². The Hall–Kier alpha value is -0.730. The molecule has 0 aromatic heterocycles. The third kappa shape index (κ3) is 3.13. The first kappa shape index (κ1) is 11.7. The molecule has 2 heteroatoms. The summed E-state index contributed by atoms with van der Waals surface area (Å²) < 4.78 is 0. The van der Waals surface area contributed by atoms with Crippen LogP contribution < -0.4 is 0 Å². The number of thioether (sulfide) groups is 1. The molecule has 1 aromatic rings. The zero-order valence-electron chi connectivity index (χ0n) is 9.43. The summed E-state index contributed by atoms with van der Waals surface area (Å²) in [4.78, 5) is 1.24. The third-order valence-corrected chi connectivity index (χ3v) is 4.21. The Kier molecular flexibility index (Phi) is 4.49. The Morgan fingerprint density at radius 1 is 1.19 bits per heavy atom. The quantitative estimate of drug-likeness (QED) is 0.634. The minimum atomic E-state index is 0.241. The normalized spacial score (nSPS) is 17.9. The van der Waals surface area contributed by atoms with E-state index >= 15 is 0 Å². The monoisotopic (exact) mass is 234 g/mol. The molecule has 1 aliphatic rings. The Morgan fingerprint density at radius 3 is 2.62 bits per heavy atom. The van der Waals surface area contributed by atoms with Gasteiger partial charge in [-0.05, 0) is 37.8 Å². The molecule has 16 heavy (non-hydrogen) atoms. The average molecular weight is 234 g/mol. The minimum absolute atomic E-state index is 0.241. The lowest BCUT2D eigenvalue weighted by Crippen LogP contribution is -2.13. The topological polar surface area (TPSA) is 20.2 Å². The van der Waals surface area contributed by atoms with E-state index in [0.717, 1.165) is 6.42 Å². The summed E-state index contributed by atoms with van der Waals surface area (Å²) in [5, 5.41) is 9.73. The van der Waals surface area contributed by atoms with Gasteiger partial charge < -0.3 is 5.11 Å². The van der Waals surface area contributed by atoms with Gasteiger partial charge in [-0.15, -0.1) is 11.8 Å². The van der Waals surface area contributed by atoms with Crippen LogP contribution in [0.4, 0.5) is 0 Å². The average Bonchev–Trinajstić information content (AvgIpc) is 2.38. The summed E-state index contributed by atoms with van der Waals surface area (Å²) in [6, 6.07) is 10.3. The van der Waals surface area contributed by atoms with Crippen molar-refractivity contribution in [1.82, 2.24) is 0 Å². The SMILES string of the molecule is OCC(Sc1ccccc1)C1=CCCCC1. The molecule has 1 N–H and O–H groups in total. The number of aliphatic hydroxyl groups excluding tert-OH is 1. The van der Waals surface area contributed by atoms with Crippen LogP contribution in [-0.4, -0.2) is 17.0 Å². The van der Waals surface area contributed by atoms with Crippen LogP contribution in [0.15, 0.2) is 46.9 Å². The molecule has 1 aliphatic carbocycles. The maximum Gasteiger partial charge on any atom is 0.0591 e. The van der Waals surface area contributed by atoms with Gasteiger partial charge in [0, 0.05) is 4.90 Å². The molecule has 1 aromatic carbocycles. The molecule has 0 aliphatic heterocycles. The summed E-state index contributed by atoms with van der Waals surface area (Å²) in [6.07, 6.45) is 7.24. The van der Waals surface area contributed by atoms with Crippen molar-refractivity contribution in [3.8, 4) is 0 Å². The van der Waals surface area contributed by atoms with Crippen LogP contribution in [0.5, 0.6) is 0 Å². The van der Waals surface area contributed by atoms with Crippen LogP contribution >= 0.6 is 11.8 Å². The summed E-state index contributed by atoms with van der Waals surface area (Å²) in [5.41, 5.74) is 1.43. The van der Waals surface area contributed by atoms with Gasteiger partial charge in [0.15, 0.2) is 0 Å². The first-order chi connectivity index (χ1) is 7.90. The highest BCUT2D eigenvalue weighted by Gasteiger charge is 2.16. The standard InChI is InChI=1S/C14H18OS/c15-11-14(12-7-3-1-4-8-12)16-13-9-5-2-6-10-13/h2,5-7,9-10,14-15H,1,3-4,8,11H2. The molecule has 0 spiro atoms. The maximum absolute atomic E-state index is 9.48. The predicted octanol–water partition coefficient (Wildman–Crippen LogP) is 3.64. The van der Waals surface area contributed by atoms with E-state index in [1.807, 2.05) is 18.2 Å². The molecule has 0 bridgehead atoms. The number of hydrogen-bond donors (Lipinski definition) is 1. The van der Waals surface area contributed by atoms with E-state index in [9.17, 15) is 5.11 Å². The van der Waals surface area contributed by atoms with Crippen molar-refractivity contribution in [2.24, 2.45) is 0 Å². The number of benzene rings is 1. The molecule has 86 valence electrons. The second kappa shape index (κ2) is 6.12. The number of allylic oxidation sites excluding steroid dienone is 1. The highest BCUT2D eigenvalue weighted by atomic mass is 32.2. The van der Waals surface area contributed by atoms with Gasteiger partial charge in [0.05, 0.1) is 11.9 Å². The molecule has 0 amide bonds. The first-order valence-corrected chi connectivity index (χ1v) is 6.79. The summed E-state index contributed by atoms with van der Waals surface area (Å²) in [7, 11) is 0.